The second-order valence-electron chi connectivity index (χ2n) is 4.02. The maximum atomic E-state index is 11.9. The van der Waals surface area contributed by atoms with Crippen LogP contribution in [-0.2, 0) is 4.79 Å². The number of hydrogen-bond donors (Lipinski definition) is 2. The number of benzene rings is 1. The summed E-state index contributed by atoms with van der Waals surface area (Å²) in [5.41, 5.74) is 8.23. The molecule has 17 heavy (non-hydrogen) atoms. The molecule has 0 spiro atoms. The fourth-order valence-electron chi connectivity index (χ4n) is 1.39. The van der Waals surface area contributed by atoms with Crippen molar-refractivity contribution in [1.29, 1.82) is 0 Å². The molecule has 0 saturated heterocycles. The van der Waals surface area contributed by atoms with Gasteiger partial charge in [-0.1, -0.05) is 13.0 Å². The molecule has 0 aliphatic heterocycles. The van der Waals surface area contributed by atoms with Crippen LogP contribution in [0, 0.1) is 6.92 Å². The van der Waals surface area contributed by atoms with Crippen LogP contribution in [0.1, 0.15) is 25.8 Å². The summed E-state index contributed by atoms with van der Waals surface area (Å²) in [5.74, 6) is 1.04. The minimum Gasteiger partial charge on any atom is -0.398 e. The van der Waals surface area contributed by atoms with Crippen molar-refractivity contribution in [2.75, 3.05) is 16.8 Å². The Morgan fingerprint density at radius 2 is 2.24 bits per heavy atom. The third kappa shape index (κ3) is 3.97. The molecular weight excluding hydrogens is 232 g/mol. The predicted molar refractivity (Wildman–Crippen MR) is 76.4 cm³/mol. The van der Waals surface area contributed by atoms with Crippen molar-refractivity contribution in [2.24, 2.45) is 0 Å². The van der Waals surface area contributed by atoms with E-state index in [0.717, 1.165) is 23.4 Å². The molecule has 0 aromatic heterocycles. The molecule has 0 bridgehead atoms. The molecule has 1 aromatic rings. The molecule has 0 fully saturated rings. The lowest BCUT2D eigenvalue weighted by Crippen LogP contribution is -2.23. The largest absolute Gasteiger partial charge is 0.398 e. The van der Waals surface area contributed by atoms with E-state index in [4.69, 9.17) is 5.73 Å². The number of carbonyl (C=O) groups is 1. The van der Waals surface area contributed by atoms with Crippen LogP contribution >= 0.6 is 11.8 Å². The van der Waals surface area contributed by atoms with Gasteiger partial charge in [0, 0.05) is 11.4 Å². The zero-order valence-corrected chi connectivity index (χ0v) is 11.4. The summed E-state index contributed by atoms with van der Waals surface area (Å²) >= 11 is 1.67. The lowest BCUT2D eigenvalue weighted by Gasteiger charge is -2.14. The molecular formula is C13H20N2OS. The number of nitrogens with two attached hydrogens (primary N) is 1. The normalized spacial score (nSPS) is 12.2. The lowest BCUT2D eigenvalue weighted by molar-refractivity contribution is -0.115. The highest BCUT2D eigenvalue weighted by molar-refractivity contribution is 8.00. The highest BCUT2D eigenvalue weighted by Gasteiger charge is 2.14. The molecule has 1 rings (SSSR count). The third-order valence-corrected chi connectivity index (χ3v) is 3.93. The zero-order chi connectivity index (χ0) is 12.8. The van der Waals surface area contributed by atoms with Gasteiger partial charge >= 0.3 is 0 Å². The first-order chi connectivity index (χ1) is 8.06. The van der Waals surface area contributed by atoms with E-state index >= 15 is 0 Å². The summed E-state index contributed by atoms with van der Waals surface area (Å²) in [6, 6.07) is 5.56. The van der Waals surface area contributed by atoms with E-state index < -0.39 is 0 Å². The average Bonchev–Trinajstić information content (AvgIpc) is 2.31. The summed E-state index contributed by atoms with van der Waals surface area (Å²) in [4.78, 5) is 11.9. The highest BCUT2D eigenvalue weighted by atomic mass is 32.2. The third-order valence-electron chi connectivity index (χ3n) is 2.57. The Kier molecular flexibility index (Phi) is 5.35. The van der Waals surface area contributed by atoms with Gasteiger partial charge < -0.3 is 11.1 Å². The van der Waals surface area contributed by atoms with Gasteiger partial charge in [-0.25, -0.2) is 0 Å². The van der Waals surface area contributed by atoms with E-state index in [1.54, 1.807) is 11.8 Å². The molecule has 3 N–H and O–H groups in total. The Morgan fingerprint density at radius 1 is 1.53 bits per heavy atom. The van der Waals surface area contributed by atoms with Gasteiger partial charge in [0.05, 0.1) is 5.25 Å². The van der Waals surface area contributed by atoms with Gasteiger partial charge in [-0.3, -0.25) is 4.79 Å². The summed E-state index contributed by atoms with van der Waals surface area (Å²) in [6.45, 7) is 5.95. The van der Waals surface area contributed by atoms with Crippen molar-refractivity contribution in [1.82, 2.24) is 0 Å². The zero-order valence-electron chi connectivity index (χ0n) is 10.6. The smallest absolute Gasteiger partial charge is 0.237 e. The van der Waals surface area contributed by atoms with E-state index in [0.29, 0.717) is 5.69 Å². The van der Waals surface area contributed by atoms with E-state index in [2.05, 4.69) is 12.2 Å². The summed E-state index contributed by atoms with van der Waals surface area (Å²) in [6.07, 6.45) is 1.08. The Labute approximate surface area is 107 Å². The molecule has 0 aliphatic rings. The highest BCUT2D eigenvalue weighted by Crippen LogP contribution is 2.22. The SMILES string of the molecule is CCCSC(C)C(=O)Nc1cccc(N)c1C. The van der Waals surface area contributed by atoms with Gasteiger partial charge in [-0.15, -0.1) is 11.8 Å². The predicted octanol–water partition coefficient (Wildman–Crippen LogP) is 3.05. The average molecular weight is 252 g/mol. The van der Waals surface area contributed by atoms with Gasteiger partial charge in [0.2, 0.25) is 5.91 Å². The first-order valence-electron chi connectivity index (χ1n) is 5.83. The van der Waals surface area contributed by atoms with E-state index in [9.17, 15) is 4.79 Å². The van der Waals surface area contributed by atoms with Crippen LogP contribution in [0.4, 0.5) is 11.4 Å². The van der Waals surface area contributed by atoms with Crippen LogP contribution in [0.5, 0.6) is 0 Å². The van der Waals surface area contributed by atoms with Crippen LogP contribution in [-0.4, -0.2) is 16.9 Å². The fraction of sp³-hybridized carbons (Fsp3) is 0.462. The monoisotopic (exact) mass is 252 g/mol. The van der Waals surface area contributed by atoms with Gasteiger partial charge in [0.25, 0.3) is 0 Å². The van der Waals surface area contributed by atoms with Gasteiger partial charge in [0.15, 0.2) is 0 Å². The number of nitrogens with one attached hydrogen (secondary N) is 1. The second kappa shape index (κ2) is 6.55. The van der Waals surface area contributed by atoms with E-state index in [1.165, 1.54) is 0 Å². The maximum Gasteiger partial charge on any atom is 0.237 e. The van der Waals surface area contributed by atoms with Crippen molar-refractivity contribution < 1.29 is 4.79 Å². The molecule has 1 aromatic carbocycles. The standard InChI is InChI=1S/C13H20N2OS/c1-4-8-17-10(3)13(16)15-12-7-5-6-11(14)9(12)2/h5-7,10H,4,8,14H2,1-3H3,(H,15,16). The fourth-order valence-corrected chi connectivity index (χ4v) is 2.19. The molecule has 1 unspecified atom stereocenters. The van der Waals surface area contributed by atoms with Crippen LogP contribution in [0.25, 0.3) is 0 Å². The van der Waals surface area contributed by atoms with Crippen molar-refractivity contribution in [3.8, 4) is 0 Å². The molecule has 1 amide bonds. The second-order valence-corrected chi connectivity index (χ2v) is 5.47. The molecule has 4 heteroatoms. The quantitative estimate of drug-likeness (QED) is 0.792. The maximum absolute atomic E-state index is 11.9. The molecule has 0 aliphatic carbocycles. The topological polar surface area (TPSA) is 55.1 Å². The van der Waals surface area contributed by atoms with Crippen LogP contribution in [0.3, 0.4) is 0 Å². The summed E-state index contributed by atoms with van der Waals surface area (Å²) in [7, 11) is 0. The molecule has 0 radical (unpaired) electrons. The van der Waals surface area contributed by atoms with Gasteiger partial charge in [0.1, 0.15) is 0 Å². The number of nitrogen functional groups attached to an aromatic ring is 1. The molecule has 1 atom stereocenters. The van der Waals surface area contributed by atoms with E-state index in [1.807, 2.05) is 32.0 Å². The lowest BCUT2D eigenvalue weighted by atomic mass is 10.1. The van der Waals surface area contributed by atoms with Crippen LogP contribution < -0.4 is 11.1 Å². The van der Waals surface area contributed by atoms with Crippen molar-refractivity contribution in [2.45, 2.75) is 32.4 Å². The Bertz CT molecular complexity index is 393. The van der Waals surface area contributed by atoms with Crippen molar-refractivity contribution in [3.05, 3.63) is 23.8 Å². The number of anilines is 2. The van der Waals surface area contributed by atoms with Gasteiger partial charge in [-0.2, -0.15) is 0 Å². The Balaban J connectivity index is 2.64. The number of carbonyl (C=O) groups excluding carboxylic acids is 1. The molecule has 3 nitrogen and oxygen atoms in total. The molecule has 94 valence electrons. The Morgan fingerprint density at radius 3 is 2.88 bits per heavy atom. The molecule has 0 heterocycles. The number of hydrogen-bond acceptors (Lipinski definition) is 3. The number of rotatable bonds is 5. The Hall–Kier alpha value is -1.16. The van der Waals surface area contributed by atoms with Gasteiger partial charge in [-0.05, 0) is 43.7 Å². The van der Waals surface area contributed by atoms with Crippen LogP contribution in [0.2, 0.25) is 0 Å². The minimum absolute atomic E-state index is 0.0317. The first kappa shape index (κ1) is 13.9. The number of amides is 1. The summed E-state index contributed by atoms with van der Waals surface area (Å²) < 4.78 is 0. The first-order valence-corrected chi connectivity index (χ1v) is 6.88. The minimum atomic E-state index is -0.0317. The van der Waals surface area contributed by atoms with E-state index in [-0.39, 0.29) is 11.2 Å². The van der Waals surface area contributed by atoms with Crippen LogP contribution in [0.15, 0.2) is 18.2 Å². The number of thioether (sulfide) groups is 1. The van der Waals surface area contributed by atoms with Crippen molar-refractivity contribution >= 4 is 29.0 Å². The molecule has 0 saturated carbocycles. The van der Waals surface area contributed by atoms with Crippen molar-refractivity contribution in [3.63, 3.8) is 0 Å². The summed E-state index contributed by atoms with van der Waals surface area (Å²) in [5, 5.41) is 2.89.